The van der Waals surface area contributed by atoms with E-state index >= 15 is 0 Å². The van der Waals surface area contributed by atoms with Gasteiger partial charge in [0, 0.05) is 55.1 Å². The molecular weight excluding hydrogens is 492 g/mol. The van der Waals surface area contributed by atoms with Crippen molar-refractivity contribution in [3.8, 4) is 6.07 Å². The van der Waals surface area contributed by atoms with E-state index in [0.29, 0.717) is 12.0 Å². The van der Waals surface area contributed by atoms with Crippen LogP contribution in [0.25, 0.3) is 0 Å². The molecule has 0 aliphatic carbocycles. The van der Waals surface area contributed by atoms with Gasteiger partial charge >= 0.3 is 0 Å². The quantitative estimate of drug-likeness (QED) is 0.119. The van der Waals surface area contributed by atoms with Crippen molar-refractivity contribution in [3.63, 3.8) is 0 Å². The maximum Gasteiger partial charge on any atom is 0.101 e. The maximum atomic E-state index is 10.0. The van der Waals surface area contributed by atoms with Gasteiger partial charge in [-0.25, -0.2) is 0 Å². The van der Waals surface area contributed by atoms with Crippen LogP contribution >= 0.6 is 0 Å². The average molecular weight is 547 g/mol. The van der Waals surface area contributed by atoms with Crippen LogP contribution in [0.5, 0.6) is 0 Å². The summed E-state index contributed by atoms with van der Waals surface area (Å²) in [5.74, 6) is 0. The van der Waals surface area contributed by atoms with E-state index in [0.717, 1.165) is 59.9 Å². The first-order valence-corrected chi connectivity index (χ1v) is 14.5. The molecule has 6 heteroatoms. The van der Waals surface area contributed by atoms with Gasteiger partial charge in [0.25, 0.3) is 0 Å². The number of nitriles is 1. The lowest BCUT2D eigenvalue weighted by Gasteiger charge is -2.26. The molecule has 0 bridgehead atoms. The number of likely N-dealkylation sites (N-methyl/N-ethyl adjacent to an activating group) is 1. The summed E-state index contributed by atoms with van der Waals surface area (Å²) >= 11 is 0. The smallest absolute Gasteiger partial charge is 0.101 e. The summed E-state index contributed by atoms with van der Waals surface area (Å²) in [5, 5.41) is 20.5. The minimum Gasteiger partial charge on any atom is -0.386 e. The van der Waals surface area contributed by atoms with Crippen molar-refractivity contribution in [1.82, 2.24) is 20.9 Å². The molecule has 0 aromatic rings. The van der Waals surface area contributed by atoms with Crippen LogP contribution in [-0.4, -0.2) is 36.3 Å². The minimum absolute atomic E-state index is 0.141. The Bertz CT molecular complexity index is 1100. The Morgan fingerprint density at radius 2 is 2.00 bits per heavy atom. The van der Waals surface area contributed by atoms with Crippen molar-refractivity contribution in [2.75, 3.05) is 13.6 Å². The van der Waals surface area contributed by atoms with Crippen molar-refractivity contribution >= 4 is 5.71 Å². The summed E-state index contributed by atoms with van der Waals surface area (Å²) < 4.78 is 0. The Morgan fingerprint density at radius 1 is 1.30 bits per heavy atom. The number of allylic oxidation sites excluding steroid dienone is 8. The van der Waals surface area contributed by atoms with E-state index in [1.165, 1.54) is 0 Å². The van der Waals surface area contributed by atoms with Crippen LogP contribution in [0.1, 0.15) is 88.0 Å². The van der Waals surface area contributed by atoms with Gasteiger partial charge in [0.05, 0.1) is 17.3 Å². The first-order chi connectivity index (χ1) is 18.8. The van der Waals surface area contributed by atoms with E-state index in [4.69, 9.17) is 4.99 Å². The van der Waals surface area contributed by atoms with E-state index in [2.05, 4.69) is 93.5 Å². The lowest BCUT2D eigenvalue weighted by atomic mass is 9.91. The fourth-order valence-corrected chi connectivity index (χ4v) is 4.47. The second-order valence-electron chi connectivity index (χ2n) is 11.8. The van der Waals surface area contributed by atoms with Gasteiger partial charge in [-0.1, -0.05) is 65.0 Å². The molecule has 1 heterocycles. The van der Waals surface area contributed by atoms with Gasteiger partial charge in [0.1, 0.15) is 6.07 Å². The van der Waals surface area contributed by atoms with Crippen molar-refractivity contribution < 1.29 is 0 Å². The molecule has 1 aliphatic rings. The van der Waals surface area contributed by atoms with E-state index in [1.54, 1.807) is 0 Å². The molecular formula is C34H54N6. The molecule has 0 spiro atoms. The zero-order valence-corrected chi connectivity index (χ0v) is 26.8. The fourth-order valence-electron chi connectivity index (χ4n) is 4.47. The molecule has 2 atom stereocenters. The Hall–Kier alpha value is -3.46. The molecule has 1 rings (SSSR count). The highest BCUT2D eigenvalue weighted by molar-refractivity contribution is 5.92. The Labute approximate surface area is 245 Å². The molecule has 6 nitrogen and oxygen atoms in total. The molecule has 0 saturated carbocycles. The summed E-state index contributed by atoms with van der Waals surface area (Å²) in [4.78, 5) is 7.08. The second kappa shape index (κ2) is 17.3. The number of hydrogen-bond donors (Lipinski definition) is 3. The minimum atomic E-state index is 0.141. The third-order valence-corrected chi connectivity index (χ3v) is 6.53. The normalized spacial score (nSPS) is 19.4. The summed E-state index contributed by atoms with van der Waals surface area (Å²) in [6, 6.07) is 2.76. The van der Waals surface area contributed by atoms with E-state index in [1.807, 2.05) is 52.1 Å². The monoisotopic (exact) mass is 546 g/mol. The van der Waals surface area contributed by atoms with Gasteiger partial charge < -0.3 is 20.9 Å². The van der Waals surface area contributed by atoms with Crippen molar-refractivity contribution in [3.05, 3.63) is 83.3 Å². The molecule has 0 amide bonds. The highest BCUT2D eigenvalue weighted by Gasteiger charge is 2.17. The molecule has 0 aromatic heterocycles. The maximum absolute atomic E-state index is 10.0. The lowest BCUT2D eigenvalue weighted by molar-refractivity contribution is 0.391. The topological polar surface area (TPSA) is 75.5 Å². The van der Waals surface area contributed by atoms with Gasteiger partial charge in [0.15, 0.2) is 0 Å². The largest absolute Gasteiger partial charge is 0.386 e. The van der Waals surface area contributed by atoms with Crippen LogP contribution in [0, 0.1) is 16.7 Å². The molecule has 1 aliphatic heterocycles. The second-order valence-corrected chi connectivity index (χ2v) is 11.8. The Morgan fingerprint density at radius 3 is 2.58 bits per heavy atom. The van der Waals surface area contributed by atoms with Crippen LogP contribution in [0.3, 0.4) is 0 Å². The van der Waals surface area contributed by atoms with E-state index in [9.17, 15) is 5.26 Å². The Kier molecular flexibility index (Phi) is 14.9. The number of nitrogens with one attached hydrogen (secondary N) is 3. The van der Waals surface area contributed by atoms with Crippen LogP contribution in [0.15, 0.2) is 88.3 Å². The van der Waals surface area contributed by atoms with Gasteiger partial charge in [-0.15, -0.1) is 0 Å². The van der Waals surface area contributed by atoms with Gasteiger partial charge in [-0.2, -0.15) is 5.26 Å². The molecule has 220 valence electrons. The Balaban J connectivity index is 3.03. The zero-order chi connectivity index (χ0) is 30.3. The summed E-state index contributed by atoms with van der Waals surface area (Å²) in [5.41, 5.74) is 6.76. The van der Waals surface area contributed by atoms with Crippen LogP contribution in [0.4, 0.5) is 0 Å². The fraction of sp³-hybridized carbons (Fsp3) is 0.529. The molecule has 0 radical (unpaired) electrons. The average Bonchev–Trinajstić information content (AvgIpc) is 2.86. The third-order valence-electron chi connectivity index (χ3n) is 6.53. The number of rotatable bonds is 14. The first kappa shape index (κ1) is 34.6. The van der Waals surface area contributed by atoms with E-state index in [-0.39, 0.29) is 17.5 Å². The van der Waals surface area contributed by atoms with Crippen molar-refractivity contribution in [2.24, 2.45) is 10.4 Å². The number of nitrogens with zero attached hydrogens (tertiary/aromatic N) is 3. The number of hydrogen-bond acceptors (Lipinski definition) is 6. The predicted octanol–water partition coefficient (Wildman–Crippen LogP) is 7.62. The van der Waals surface area contributed by atoms with E-state index < -0.39 is 0 Å². The standard InChI is InChI=1S/C34H54N6/c1-12-16-32-33(40(11)19-13-2)18-15-17-30(24-37-32)39-31(14-3)29(22-35)20-25(4)28(7)36-23-27(6)38-26(5)21-34(8,9)10/h13-15,18-20,24,27,33,36,38-39H,5,12,16-17,21,23H2,1-4,6-11H3/b18-15?,19-13-,28-25+,29-20-,30-24+,31-14-,37-32?. The molecule has 2 unspecified atom stereocenters. The zero-order valence-electron chi connectivity index (χ0n) is 26.8. The van der Waals surface area contributed by atoms with Gasteiger partial charge in [-0.05, 0) is 70.7 Å². The summed E-state index contributed by atoms with van der Waals surface area (Å²) in [6.07, 6.45) is 17.9. The third kappa shape index (κ3) is 12.6. The molecule has 0 fully saturated rings. The molecule has 0 saturated heterocycles. The number of aliphatic imine (C=N–C) groups is 1. The highest BCUT2D eigenvalue weighted by Crippen LogP contribution is 2.22. The van der Waals surface area contributed by atoms with Crippen LogP contribution < -0.4 is 16.0 Å². The van der Waals surface area contributed by atoms with Gasteiger partial charge in [-0.3, -0.25) is 4.99 Å². The van der Waals surface area contributed by atoms with Crippen molar-refractivity contribution in [1.29, 1.82) is 5.26 Å². The predicted molar refractivity (Wildman–Crippen MR) is 173 cm³/mol. The summed E-state index contributed by atoms with van der Waals surface area (Å²) in [7, 11) is 2.08. The SMILES string of the molecule is C=C(CC(C)(C)C)NC(C)CN/C(C)=C(C)/C=C(C#N)\C(=C\C)N/C1=C/N=C(CCC)C(N(C)/C=C\C)C=CC1. The highest BCUT2D eigenvalue weighted by atomic mass is 15.1. The van der Waals surface area contributed by atoms with Crippen LogP contribution in [-0.2, 0) is 0 Å². The first-order valence-electron chi connectivity index (χ1n) is 14.5. The molecule has 3 N–H and O–H groups in total. The molecule has 40 heavy (non-hydrogen) atoms. The van der Waals surface area contributed by atoms with Crippen LogP contribution in [0.2, 0.25) is 0 Å². The molecule has 0 aromatic carbocycles. The summed E-state index contributed by atoms with van der Waals surface area (Å²) in [6.45, 7) is 24.0. The van der Waals surface area contributed by atoms with Gasteiger partial charge in [0.2, 0.25) is 0 Å². The lowest BCUT2D eigenvalue weighted by Crippen LogP contribution is -2.36. The van der Waals surface area contributed by atoms with Crippen molar-refractivity contribution in [2.45, 2.75) is 100 Å².